The number of benzene rings is 1. The minimum Gasteiger partial charge on any atom is -0.321 e. The lowest BCUT2D eigenvalue weighted by molar-refractivity contribution is 0.103. The Balaban J connectivity index is 1.86. The van der Waals surface area contributed by atoms with Gasteiger partial charge in [-0.25, -0.2) is 4.39 Å². The van der Waals surface area contributed by atoms with E-state index in [-0.39, 0.29) is 10.9 Å². The Kier molecular flexibility index (Phi) is 6.42. The first kappa shape index (κ1) is 20.1. The number of hydrogen-bond acceptors (Lipinski definition) is 4. The van der Waals surface area contributed by atoms with Crippen LogP contribution in [0.5, 0.6) is 0 Å². The van der Waals surface area contributed by atoms with Crippen molar-refractivity contribution in [1.29, 1.82) is 0 Å². The maximum atomic E-state index is 13.2. The smallest absolute Gasteiger partial charge is 0.265 e. The largest absolute Gasteiger partial charge is 0.321 e. The van der Waals surface area contributed by atoms with Gasteiger partial charge < -0.3 is 5.32 Å². The van der Waals surface area contributed by atoms with Crippen molar-refractivity contribution in [2.45, 2.75) is 18.7 Å². The molecule has 8 heteroatoms. The molecule has 1 amide bonds. The Hall–Kier alpha value is -1.60. The van der Waals surface area contributed by atoms with Crippen molar-refractivity contribution in [3.63, 3.8) is 0 Å². The number of thiophene rings is 1. The molecular formula is C19H15Cl2FN2OS2. The first-order chi connectivity index (χ1) is 12.9. The lowest BCUT2D eigenvalue weighted by Crippen LogP contribution is -2.10. The fourth-order valence-electron chi connectivity index (χ4n) is 2.52. The molecule has 0 unspecified atom stereocenters. The van der Waals surface area contributed by atoms with E-state index in [4.69, 9.17) is 23.2 Å². The fraction of sp³-hybridized carbons (Fsp3) is 0.158. The van der Waals surface area contributed by atoms with Crippen LogP contribution in [0.3, 0.4) is 0 Å². The molecule has 0 aliphatic heterocycles. The molecule has 1 N–H and O–H groups in total. The Morgan fingerprint density at radius 2 is 2.04 bits per heavy atom. The van der Waals surface area contributed by atoms with E-state index in [1.54, 1.807) is 23.9 Å². The number of carbonyl (C=O) groups is 1. The molecule has 140 valence electrons. The third-order valence-electron chi connectivity index (χ3n) is 3.64. The topological polar surface area (TPSA) is 42.0 Å². The van der Waals surface area contributed by atoms with Gasteiger partial charge in [0.05, 0.1) is 21.8 Å². The molecule has 3 aromatic rings. The van der Waals surface area contributed by atoms with Crippen LogP contribution in [-0.4, -0.2) is 16.6 Å². The van der Waals surface area contributed by atoms with Crippen molar-refractivity contribution in [2.24, 2.45) is 0 Å². The first-order valence-electron chi connectivity index (χ1n) is 8.04. The predicted molar refractivity (Wildman–Crippen MR) is 113 cm³/mol. The maximum Gasteiger partial charge on any atom is 0.265 e. The molecule has 0 aliphatic rings. The number of nitrogens with one attached hydrogen (secondary N) is 1. The molecule has 0 spiro atoms. The second-order valence-corrected chi connectivity index (χ2v) is 9.06. The normalized spacial score (nSPS) is 10.9. The lowest BCUT2D eigenvalue weighted by atomic mass is 10.1. The van der Waals surface area contributed by atoms with E-state index in [1.807, 2.05) is 26.0 Å². The van der Waals surface area contributed by atoms with Crippen molar-refractivity contribution in [3.05, 3.63) is 62.1 Å². The van der Waals surface area contributed by atoms with Gasteiger partial charge in [-0.05, 0) is 43.0 Å². The molecule has 0 bridgehead atoms. The summed E-state index contributed by atoms with van der Waals surface area (Å²) in [6.45, 7) is 3.92. The minimum absolute atomic E-state index is 0.207. The number of aryl methyl sites for hydroxylation is 1. The van der Waals surface area contributed by atoms with Crippen LogP contribution in [0.4, 0.5) is 10.1 Å². The van der Waals surface area contributed by atoms with Gasteiger partial charge in [-0.15, -0.1) is 23.1 Å². The van der Waals surface area contributed by atoms with Gasteiger partial charge in [0.1, 0.15) is 5.82 Å². The van der Waals surface area contributed by atoms with E-state index in [1.165, 1.54) is 17.4 Å². The van der Waals surface area contributed by atoms with Gasteiger partial charge in [0, 0.05) is 26.0 Å². The molecule has 2 heterocycles. The van der Waals surface area contributed by atoms with E-state index in [2.05, 4.69) is 10.3 Å². The molecule has 27 heavy (non-hydrogen) atoms. The minimum atomic E-state index is -0.503. The molecule has 0 atom stereocenters. The number of amides is 1. The highest BCUT2D eigenvalue weighted by atomic mass is 35.5. The van der Waals surface area contributed by atoms with Crippen molar-refractivity contribution < 1.29 is 9.18 Å². The van der Waals surface area contributed by atoms with E-state index in [0.29, 0.717) is 26.8 Å². The van der Waals surface area contributed by atoms with Crippen LogP contribution in [0.15, 0.2) is 41.4 Å². The second-order valence-electron chi connectivity index (χ2n) is 5.63. The molecule has 0 aliphatic carbocycles. The van der Waals surface area contributed by atoms with Crippen molar-refractivity contribution in [3.8, 4) is 11.3 Å². The van der Waals surface area contributed by atoms with Crippen molar-refractivity contribution >= 4 is 57.9 Å². The van der Waals surface area contributed by atoms with Crippen LogP contribution in [0.2, 0.25) is 10.0 Å². The van der Waals surface area contributed by atoms with Gasteiger partial charge in [-0.2, -0.15) is 0 Å². The lowest BCUT2D eigenvalue weighted by Gasteiger charge is -2.07. The Morgan fingerprint density at radius 1 is 1.26 bits per heavy atom. The zero-order valence-corrected chi connectivity index (χ0v) is 17.6. The van der Waals surface area contributed by atoms with Gasteiger partial charge in [-0.3, -0.25) is 9.78 Å². The van der Waals surface area contributed by atoms with Gasteiger partial charge in [0.15, 0.2) is 0 Å². The summed E-state index contributed by atoms with van der Waals surface area (Å²) in [6, 6.07) is 8.38. The van der Waals surface area contributed by atoms with E-state index >= 15 is 0 Å². The number of rotatable bonds is 5. The Labute approximate surface area is 174 Å². The maximum absolute atomic E-state index is 13.2. The van der Waals surface area contributed by atoms with Crippen LogP contribution in [0, 0.1) is 12.7 Å². The molecule has 0 saturated heterocycles. The van der Waals surface area contributed by atoms with Crippen LogP contribution in [0.1, 0.15) is 21.5 Å². The van der Waals surface area contributed by atoms with E-state index < -0.39 is 5.82 Å². The van der Waals surface area contributed by atoms with E-state index in [9.17, 15) is 9.18 Å². The molecule has 0 saturated carbocycles. The fourth-order valence-corrected chi connectivity index (χ4v) is 4.74. The zero-order chi connectivity index (χ0) is 19.6. The number of nitrogens with zero attached hydrogens (tertiary/aromatic N) is 1. The summed E-state index contributed by atoms with van der Waals surface area (Å²) >= 11 is 15.2. The predicted octanol–water partition coefficient (Wildman–Crippen LogP) is 6.93. The van der Waals surface area contributed by atoms with Crippen LogP contribution in [0.25, 0.3) is 11.3 Å². The van der Waals surface area contributed by atoms with E-state index in [0.717, 1.165) is 21.7 Å². The number of aromatic nitrogens is 1. The highest BCUT2D eigenvalue weighted by Gasteiger charge is 2.17. The van der Waals surface area contributed by atoms with Crippen molar-refractivity contribution in [2.75, 3.05) is 11.1 Å². The summed E-state index contributed by atoms with van der Waals surface area (Å²) in [5.74, 6) is 0.158. The zero-order valence-electron chi connectivity index (χ0n) is 14.5. The SMILES string of the molecule is CCSc1cc(Cl)cc(NC(=O)c2cc(-c3ncc(F)cc3Cl)c(C)s2)c1. The molecule has 3 nitrogen and oxygen atoms in total. The summed E-state index contributed by atoms with van der Waals surface area (Å²) in [4.78, 5) is 19.1. The molecule has 0 radical (unpaired) electrons. The molecule has 0 fully saturated rings. The van der Waals surface area contributed by atoms with Crippen LogP contribution < -0.4 is 5.32 Å². The highest BCUT2D eigenvalue weighted by Crippen LogP contribution is 2.34. The number of carbonyl (C=O) groups excluding carboxylic acids is 1. The molecule has 1 aromatic carbocycles. The van der Waals surface area contributed by atoms with Gasteiger partial charge in [-0.1, -0.05) is 30.1 Å². The standard InChI is InChI=1S/C19H15Cl2FN2OS2/c1-3-26-14-5-11(20)4-13(7-14)24-19(25)17-8-15(10(2)27-17)18-16(21)6-12(22)9-23-18/h4-9H,3H2,1-2H3,(H,24,25). The highest BCUT2D eigenvalue weighted by molar-refractivity contribution is 7.99. The van der Waals surface area contributed by atoms with Gasteiger partial charge >= 0.3 is 0 Å². The summed E-state index contributed by atoms with van der Waals surface area (Å²) in [7, 11) is 0. The average Bonchev–Trinajstić information content (AvgIpc) is 2.96. The van der Waals surface area contributed by atoms with Crippen molar-refractivity contribution in [1.82, 2.24) is 4.98 Å². The number of halogens is 3. The number of anilines is 1. The van der Waals surface area contributed by atoms with Crippen LogP contribution >= 0.6 is 46.3 Å². The molecule has 2 aromatic heterocycles. The second kappa shape index (κ2) is 8.61. The summed E-state index contributed by atoms with van der Waals surface area (Å²) in [5.41, 5.74) is 1.80. The number of pyridine rings is 1. The number of hydrogen-bond donors (Lipinski definition) is 1. The van der Waals surface area contributed by atoms with Gasteiger partial charge in [0.2, 0.25) is 0 Å². The third-order valence-corrected chi connectivity index (χ3v) is 6.06. The van der Waals surface area contributed by atoms with Crippen LogP contribution in [-0.2, 0) is 0 Å². The first-order valence-corrected chi connectivity index (χ1v) is 10.6. The Morgan fingerprint density at radius 3 is 2.74 bits per heavy atom. The average molecular weight is 441 g/mol. The quantitative estimate of drug-likeness (QED) is 0.437. The Bertz CT molecular complexity index is 1010. The summed E-state index contributed by atoms with van der Waals surface area (Å²) < 4.78 is 13.2. The molecular weight excluding hydrogens is 426 g/mol. The monoisotopic (exact) mass is 440 g/mol. The summed E-state index contributed by atoms with van der Waals surface area (Å²) in [6.07, 6.45) is 1.11. The molecule has 3 rings (SSSR count). The summed E-state index contributed by atoms with van der Waals surface area (Å²) in [5, 5.41) is 3.65. The number of thioether (sulfide) groups is 1. The third kappa shape index (κ3) is 4.82. The van der Waals surface area contributed by atoms with Gasteiger partial charge in [0.25, 0.3) is 5.91 Å².